The first-order valence-electron chi connectivity index (χ1n) is 8.81. The number of rotatable bonds is 6. The molecule has 1 aliphatic heterocycles. The summed E-state index contributed by atoms with van der Waals surface area (Å²) < 4.78 is 1.79. The van der Waals surface area contributed by atoms with Gasteiger partial charge in [0.15, 0.2) is 0 Å². The summed E-state index contributed by atoms with van der Waals surface area (Å²) in [5.74, 6) is -0.0130. The highest BCUT2D eigenvalue weighted by atomic mass is 16.6. The molecular formula is C18H23N5O3. The van der Waals surface area contributed by atoms with Crippen molar-refractivity contribution < 1.29 is 9.72 Å². The van der Waals surface area contributed by atoms with Gasteiger partial charge in [0.05, 0.1) is 11.5 Å². The average Bonchev–Trinajstić information content (AvgIpc) is 3.14. The molecule has 1 N–H and O–H groups in total. The van der Waals surface area contributed by atoms with E-state index in [4.69, 9.17) is 0 Å². The Balaban J connectivity index is 1.53. The second-order valence-corrected chi connectivity index (χ2v) is 6.64. The Morgan fingerprint density at radius 2 is 2.08 bits per heavy atom. The van der Waals surface area contributed by atoms with E-state index in [0.29, 0.717) is 38.2 Å². The Morgan fingerprint density at radius 3 is 2.73 bits per heavy atom. The Hall–Kier alpha value is -2.90. The molecule has 0 saturated carbocycles. The molecule has 138 valence electrons. The molecule has 2 aromatic rings. The number of nitro groups is 1. The summed E-state index contributed by atoms with van der Waals surface area (Å²) in [7, 11) is 0. The van der Waals surface area contributed by atoms with Crippen LogP contribution in [0.1, 0.15) is 19.8 Å². The summed E-state index contributed by atoms with van der Waals surface area (Å²) >= 11 is 0. The molecule has 1 aliphatic rings. The minimum absolute atomic E-state index is 0.00404. The van der Waals surface area contributed by atoms with Crippen LogP contribution >= 0.6 is 0 Å². The van der Waals surface area contributed by atoms with E-state index in [1.54, 1.807) is 29.1 Å². The van der Waals surface area contributed by atoms with Crippen molar-refractivity contribution >= 4 is 17.3 Å². The number of carbonyl (C=O) groups excluding carboxylic acids is 1. The molecule has 3 rings (SSSR count). The lowest BCUT2D eigenvalue weighted by molar-refractivity contribution is -0.384. The van der Waals surface area contributed by atoms with E-state index in [0.717, 1.165) is 0 Å². The minimum atomic E-state index is -0.356. The van der Waals surface area contributed by atoms with Crippen molar-refractivity contribution in [2.75, 3.05) is 18.0 Å². The van der Waals surface area contributed by atoms with E-state index in [-0.39, 0.29) is 28.5 Å². The normalized spacial score (nSPS) is 16.3. The number of nitrogens with one attached hydrogen (secondary N) is 1. The number of benzene rings is 1. The van der Waals surface area contributed by atoms with Crippen molar-refractivity contribution in [2.24, 2.45) is 5.92 Å². The predicted molar refractivity (Wildman–Crippen MR) is 97.9 cm³/mol. The number of amides is 1. The summed E-state index contributed by atoms with van der Waals surface area (Å²) in [6, 6.07) is 8.61. The standard InChI is InChI=1S/C18H23N5O3/c1-14(13-22-10-4-9-19-22)20-18(24)15-7-11-21(12-8-15)16-5-2-3-6-17(16)23(25)26/h2-6,9-10,14-15H,7-8,11-13H2,1H3,(H,20,24). The lowest BCUT2D eigenvalue weighted by Crippen LogP contribution is -2.44. The second kappa shape index (κ2) is 7.99. The Kier molecular flexibility index (Phi) is 5.50. The zero-order valence-corrected chi connectivity index (χ0v) is 14.7. The van der Waals surface area contributed by atoms with Crippen molar-refractivity contribution in [1.29, 1.82) is 0 Å². The van der Waals surface area contributed by atoms with Gasteiger partial charge in [-0.25, -0.2) is 0 Å². The molecule has 26 heavy (non-hydrogen) atoms. The summed E-state index contributed by atoms with van der Waals surface area (Å²) in [5.41, 5.74) is 0.742. The van der Waals surface area contributed by atoms with Gasteiger partial charge in [-0.05, 0) is 31.9 Å². The van der Waals surface area contributed by atoms with Gasteiger partial charge in [0.2, 0.25) is 5.91 Å². The SMILES string of the molecule is CC(Cn1cccn1)NC(=O)C1CCN(c2ccccc2[N+](=O)[O-])CC1. The van der Waals surface area contributed by atoms with Crippen LogP contribution in [0.3, 0.4) is 0 Å². The second-order valence-electron chi connectivity index (χ2n) is 6.64. The molecule has 1 amide bonds. The van der Waals surface area contributed by atoms with Crippen LogP contribution < -0.4 is 10.2 Å². The van der Waals surface area contributed by atoms with Gasteiger partial charge >= 0.3 is 0 Å². The molecule has 1 aromatic heterocycles. The highest BCUT2D eigenvalue weighted by molar-refractivity contribution is 5.79. The number of aromatic nitrogens is 2. The zero-order chi connectivity index (χ0) is 18.5. The van der Waals surface area contributed by atoms with Gasteiger partial charge in [0.25, 0.3) is 5.69 Å². The molecule has 0 aliphatic carbocycles. The van der Waals surface area contributed by atoms with E-state index in [9.17, 15) is 14.9 Å². The van der Waals surface area contributed by atoms with E-state index >= 15 is 0 Å². The highest BCUT2D eigenvalue weighted by Gasteiger charge is 2.28. The maximum Gasteiger partial charge on any atom is 0.292 e. The summed E-state index contributed by atoms with van der Waals surface area (Å²) in [5, 5.41) is 18.4. The fourth-order valence-corrected chi connectivity index (χ4v) is 3.36. The first kappa shape index (κ1) is 17.9. The molecule has 0 spiro atoms. The lowest BCUT2D eigenvalue weighted by Gasteiger charge is -2.33. The van der Waals surface area contributed by atoms with E-state index in [1.807, 2.05) is 24.1 Å². The van der Waals surface area contributed by atoms with Crippen molar-refractivity contribution in [3.8, 4) is 0 Å². The largest absolute Gasteiger partial charge is 0.366 e. The fraction of sp³-hybridized carbons (Fsp3) is 0.444. The number of nitrogens with zero attached hydrogens (tertiary/aromatic N) is 4. The minimum Gasteiger partial charge on any atom is -0.366 e. The van der Waals surface area contributed by atoms with Crippen LogP contribution in [0.2, 0.25) is 0 Å². The Morgan fingerprint density at radius 1 is 1.35 bits per heavy atom. The maximum absolute atomic E-state index is 12.5. The number of hydrogen-bond donors (Lipinski definition) is 1. The molecule has 8 heteroatoms. The van der Waals surface area contributed by atoms with Crippen LogP contribution in [0.15, 0.2) is 42.7 Å². The van der Waals surface area contributed by atoms with Crippen molar-refractivity contribution in [2.45, 2.75) is 32.4 Å². The van der Waals surface area contributed by atoms with Crippen LogP contribution in [0, 0.1) is 16.0 Å². The molecule has 1 unspecified atom stereocenters. The monoisotopic (exact) mass is 357 g/mol. The molecule has 2 heterocycles. The van der Waals surface area contributed by atoms with Gasteiger partial charge in [-0.2, -0.15) is 5.10 Å². The van der Waals surface area contributed by atoms with Gasteiger partial charge in [-0.1, -0.05) is 12.1 Å². The smallest absolute Gasteiger partial charge is 0.292 e. The van der Waals surface area contributed by atoms with Gasteiger partial charge < -0.3 is 10.2 Å². The zero-order valence-electron chi connectivity index (χ0n) is 14.7. The number of carbonyl (C=O) groups is 1. The fourth-order valence-electron chi connectivity index (χ4n) is 3.36. The average molecular weight is 357 g/mol. The molecule has 1 saturated heterocycles. The third kappa shape index (κ3) is 4.19. The number of anilines is 1. The number of nitro benzene ring substituents is 1. The topological polar surface area (TPSA) is 93.3 Å². The molecular weight excluding hydrogens is 334 g/mol. The van der Waals surface area contributed by atoms with Crippen molar-refractivity contribution in [1.82, 2.24) is 15.1 Å². The van der Waals surface area contributed by atoms with Crippen molar-refractivity contribution in [3.05, 3.63) is 52.8 Å². The summed E-state index contributed by atoms with van der Waals surface area (Å²) in [4.78, 5) is 25.3. The van der Waals surface area contributed by atoms with Crippen molar-refractivity contribution in [3.63, 3.8) is 0 Å². The maximum atomic E-state index is 12.5. The van der Waals surface area contributed by atoms with Crippen LogP contribution in [0.25, 0.3) is 0 Å². The van der Waals surface area contributed by atoms with Crippen LogP contribution in [0.4, 0.5) is 11.4 Å². The predicted octanol–water partition coefficient (Wildman–Crippen LogP) is 2.21. The number of piperidine rings is 1. The van der Waals surface area contributed by atoms with E-state index in [1.165, 1.54) is 6.07 Å². The number of hydrogen-bond acceptors (Lipinski definition) is 5. The summed E-state index contributed by atoms with van der Waals surface area (Å²) in [6.45, 7) is 3.86. The molecule has 8 nitrogen and oxygen atoms in total. The molecule has 0 radical (unpaired) electrons. The lowest BCUT2D eigenvalue weighted by atomic mass is 9.95. The highest BCUT2D eigenvalue weighted by Crippen LogP contribution is 2.31. The van der Waals surface area contributed by atoms with E-state index < -0.39 is 0 Å². The third-order valence-corrected chi connectivity index (χ3v) is 4.69. The molecule has 0 bridgehead atoms. The molecule has 1 atom stereocenters. The Bertz CT molecular complexity index is 754. The third-order valence-electron chi connectivity index (χ3n) is 4.69. The van der Waals surface area contributed by atoms with Gasteiger partial charge in [0, 0.05) is 43.5 Å². The molecule has 1 fully saturated rings. The van der Waals surface area contributed by atoms with Gasteiger partial charge in [-0.3, -0.25) is 19.6 Å². The number of para-hydroxylation sites is 2. The first-order valence-corrected chi connectivity index (χ1v) is 8.81. The Labute approximate surface area is 151 Å². The van der Waals surface area contributed by atoms with Crippen LogP contribution in [-0.4, -0.2) is 39.7 Å². The molecule has 1 aromatic carbocycles. The van der Waals surface area contributed by atoms with Crippen LogP contribution in [-0.2, 0) is 11.3 Å². The first-order chi connectivity index (χ1) is 12.5. The summed E-state index contributed by atoms with van der Waals surface area (Å²) in [6.07, 6.45) is 4.96. The van der Waals surface area contributed by atoms with Crippen LogP contribution in [0.5, 0.6) is 0 Å². The van der Waals surface area contributed by atoms with E-state index in [2.05, 4.69) is 10.4 Å². The van der Waals surface area contributed by atoms with Gasteiger partial charge in [0.1, 0.15) is 5.69 Å². The van der Waals surface area contributed by atoms with Gasteiger partial charge in [-0.15, -0.1) is 0 Å². The quantitative estimate of drug-likeness (QED) is 0.632.